The van der Waals surface area contributed by atoms with Crippen LogP contribution in [0.3, 0.4) is 0 Å². The van der Waals surface area contributed by atoms with Gasteiger partial charge in [0.25, 0.3) is 0 Å². The average Bonchev–Trinajstić information content (AvgIpc) is 2.45. The van der Waals surface area contributed by atoms with Gasteiger partial charge < -0.3 is 5.32 Å². The molecule has 0 amide bonds. The highest BCUT2D eigenvalue weighted by atomic mass is 32.2. The van der Waals surface area contributed by atoms with Crippen LogP contribution in [0.25, 0.3) is 0 Å². The van der Waals surface area contributed by atoms with Crippen LogP contribution in [0.15, 0.2) is 59.5 Å². The van der Waals surface area contributed by atoms with Gasteiger partial charge in [0.05, 0.1) is 0 Å². The average molecular weight is 257 g/mol. The Morgan fingerprint density at radius 2 is 1.61 bits per heavy atom. The molecule has 2 rings (SSSR count). The minimum Gasteiger partial charge on any atom is -0.313 e. The lowest BCUT2D eigenvalue weighted by atomic mass is 10.2. The van der Waals surface area contributed by atoms with E-state index in [2.05, 4.69) is 66.8 Å². The molecule has 0 saturated heterocycles. The Kier molecular flexibility index (Phi) is 5.31. The molecule has 0 aromatic heterocycles. The molecule has 0 aliphatic heterocycles. The molecule has 0 heterocycles. The molecule has 0 radical (unpaired) electrons. The van der Waals surface area contributed by atoms with Gasteiger partial charge in [-0.1, -0.05) is 49.4 Å². The van der Waals surface area contributed by atoms with Gasteiger partial charge >= 0.3 is 0 Å². The van der Waals surface area contributed by atoms with Crippen molar-refractivity contribution >= 4 is 11.8 Å². The van der Waals surface area contributed by atoms with Gasteiger partial charge in [0.15, 0.2) is 0 Å². The topological polar surface area (TPSA) is 12.0 Å². The van der Waals surface area contributed by atoms with Crippen LogP contribution in [-0.2, 0) is 12.3 Å². The predicted octanol–water partition coefficient (Wildman–Crippen LogP) is 4.09. The van der Waals surface area contributed by atoms with Gasteiger partial charge in [0, 0.05) is 17.2 Å². The number of rotatable bonds is 6. The molecule has 18 heavy (non-hydrogen) atoms. The van der Waals surface area contributed by atoms with E-state index in [-0.39, 0.29) is 0 Å². The summed E-state index contributed by atoms with van der Waals surface area (Å²) < 4.78 is 0. The number of hydrogen-bond acceptors (Lipinski definition) is 2. The van der Waals surface area contributed by atoms with E-state index in [1.165, 1.54) is 16.0 Å². The molecule has 0 spiro atoms. The Morgan fingerprint density at radius 1 is 0.889 bits per heavy atom. The third kappa shape index (κ3) is 4.21. The van der Waals surface area contributed by atoms with E-state index in [0.717, 1.165) is 18.8 Å². The van der Waals surface area contributed by atoms with Crippen molar-refractivity contribution in [3.8, 4) is 0 Å². The van der Waals surface area contributed by atoms with E-state index in [1.807, 2.05) is 11.8 Å². The smallest absolute Gasteiger partial charge is 0.0231 e. The molecule has 0 fully saturated rings. The quantitative estimate of drug-likeness (QED) is 0.782. The maximum atomic E-state index is 3.34. The van der Waals surface area contributed by atoms with Crippen LogP contribution >= 0.6 is 11.8 Å². The fraction of sp³-hybridized carbons (Fsp3) is 0.250. The van der Waals surface area contributed by atoms with Crippen LogP contribution < -0.4 is 5.32 Å². The van der Waals surface area contributed by atoms with Crippen LogP contribution in [-0.4, -0.2) is 6.54 Å². The standard InChI is InChI=1S/C16H19NS/c1-2-17-12-14-8-10-16(11-9-14)18-13-15-6-4-3-5-7-15/h3-11,17H,2,12-13H2,1H3. The minimum atomic E-state index is 0.958. The lowest BCUT2D eigenvalue weighted by Crippen LogP contribution is -2.11. The summed E-state index contributed by atoms with van der Waals surface area (Å²) >= 11 is 1.89. The SMILES string of the molecule is CCNCc1ccc(SCc2ccccc2)cc1. The molecule has 2 aromatic carbocycles. The number of benzene rings is 2. The van der Waals surface area contributed by atoms with Gasteiger partial charge in [-0.25, -0.2) is 0 Å². The highest BCUT2D eigenvalue weighted by Gasteiger charge is 1.97. The van der Waals surface area contributed by atoms with Crippen molar-refractivity contribution in [3.05, 3.63) is 65.7 Å². The second kappa shape index (κ2) is 7.24. The number of nitrogens with one attached hydrogen (secondary N) is 1. The molecular weight excluding hydrogens is 238 g/mol. The third-order valence-electron chi connectivity index (χ3n) is 2.75. The molecule has 0 aliphatic carbocycles. The Balaban J connectivity index is 1.86. The van der Waals surface area contributed by atoms with Crippen LogP contribution in [0.5, 0.6) is 0 Å². The summed E-state index contributed by atoms with van der Waals surface area (Å²) in [5.41, 5.74) is 2.72. The van der Waals surface area contributed by atoms with E-state index in [4.69, 9.17) is 0 Å². The highest BCUT2D eigenvalue weighted by molar-refractivity contribution is 7.98. The zero-order valence-corrected chi connectivity index (χ0v) is 11.5. The third-order valence-corrected chi connectivity index (χ3v) is 3.83. The molecule has 0 atom stereocenters. The van der Waals surface area contributed by atoms with Crippen LogP contribution in [0.2, 0.25) is 0 Å². The summed E-state index contributed by atoms with van der Waals surface area (Å²) in [4.78, 5) is 1.33. The van der Waals surface area contributed by atoms with Crippen molar-refractivity contribution in [2.45, 2.75) is 24.1 Å². The van der Waals surface area contributed by atoms with Crippen LogP contribution in [0.4, 0.5) is 0 Å². The van der Waals surface area contributed by atoms with Gasteiger partial charge in [-0.3, -0.25) is 0 Å². The fourth-order valence-corrected chi connectivity index (χ4v) is 2.57. The number of thioether (sulfide) groups is 1. The highest BCUT2D eigenvalue weighted by Crippen LogP contribution is 2.22. The molecule has 0 bridgehead atoms. The van der Waals surface area contributed by atoms with Crippen LogP contribution in [0.1, 0.15) is 18.1 Å². The molecular formula is C16H19NS. The lowest BCUT2D eigenvalue weighted by molar-refractivity contribution is 0.726. The molecule has 2 heteroatoms. The summed E-state index contributed by atoms with van der Waals surface area (Å²) in [6.07, 6.45) is 0. The van der Waals surface area contributed by atoms with Gasteiger partial charge in [-0.05, 0) is 29.8 Å². The first-order chi connectivity index (χ1) is 8.88. The molecule has 0 aliphatic rings. The normalized spacial score (nSPS) is 10.5. The van der Waals surface area contributed by atoms with Crippen LogP contribution in [0, 0.1) is 0 Å². The Morgan fingerprint density at radius 3 is 2.28 bits per heavy atom. The molecule has 1 nitrogen and oxygen atoms in total. The Bertz CT molecular complexity index is 450. The first-order valence-corrected chi connectivity index (χ1v) is 7.33. The van der Waals surface area contributed by atoms with Crippen molar-refractivity contribution in [1.82, 2.24) is 5.32 Å². The molecule has 94 valence electrons. The largest absolute Gasteiger partial charge is 0.313 e. The number of hydrogen-bond donors (Lipinski definition) is 1. The maximum absolute atomic E-state index is 3.34. The van der Waals surface area contributed by atoms with E-state index < -0.39 is 0 Å². The Hall–Kier alpha value is -1.25. The van der Waals surface area contributed by atoms with Crippen molar-refractivity contribution in [2.24, 2.45) is 0 Å². The maximum Gasteiger partial charge on any atom is 0.0231 e. The first kappa shape index (κ1) is 13.2. The molecule has 0 saturated carbocycles. The van der Waals surface area contributed by atoms with Gasteiger partial charge in [-0.2, -0.15) is 0 Å². The summed E-state index contributed by atoms with van der Waals surface area (Å²) in [7, 11) is 0. The van der Waals surface area contributed by atoms with Crippen molar-refractivity contribution in [2.75, 3.05) is 6.54 Å². The minimum absolute atomic E-state index is 0.958. The van der Waals surface area contributed by atoms with Crippen molar-refractivity contribution in [3.63, 3.8) is 0 Å². The fourth-order valence-electron chi connectivity index (χ4n) is 1.71. The summed E-state index contributed by atoms with van der Waals surface area (Å²) in [5, 5.41) is 3.34. The van der Waals surface area contributed by atoms with Gasteiger partial charge in [-0.15, -0.1) is 11.8 Å². The molecule has 2 aromatic rings. The zero-order chi connectivity index (χ0) is 12.6. The second-order valence-corrected chi connectivity index (χ2v) is 5.25. The van der Waals surface area contributed by atoms with Crippen molar-refractivity contribution < 1.29 is 0 Å². The van der Waals surface area contributed by atoms with E-state index >= 15 is 0 Å². The van der Waals surface area contributed by atoms with Crippen molar-refractivity contribution in [1.29, 1.82) is 0 Å². The Labute approximate surface area is 114 Å². The van der Waals surface area contributed by atoms with E-state index in [0.29, 0.717) is 0 Å². The second-order valence-electron chi connectivity index (χ2n) is 4.20. The summed E-state index contributed by atoms with van der Waals surface area (Å²) in [5.74, 6) is 1.04. The van der Waals surface area contributed by atoms with E-state index in [9.17, 15) is 0 Å². The zero-order valence-electron chi connectivity index (χ0n) is 10.7. The van der Waals surface area contributed by atoms with Gasteiger partial charge in [0.1, 0.15) is 0 Å². The predicted molar refractivity (Wildman–Crippen MR) is 79.8 cm³/mol. The molecule has 1 N–H and O–H groups in total. The summed E-state index contributed by atoms with van der Waals surface area (Å²) in [6.45, 7) is 4.11. The first-order valence-electron chi connectivity index (χ1n) is 6.35. The van der Waals surface area contributed by atoms with E-state index in [1.54, 1.807) is 0 Å². The molecule has 0 unspecified atom stereocenters. The van der Waals surface area contributed by atoms with Gasteiger partial charge in [0.2, 0.25) is 0 Å². The monoisotopic (exact) mass is 257 g/mol. The summed E-state index contributed by atoms with van der Waals surface area (Å²) in [6, 6.07) is 19.4. The lowest BCUT2D eigenvalue weighted by Gasteiger charge is -2.05.